The number of rotatable bonds is 5. The lowest BCUT2D eigenvalue weighted by Crippen LogP contribution is -2.44. The fourth-order valence-corrected chi connectivity index (χ4v) is 5.04. The van der Waals surface area contributed by atoms with Crippen molar-refractivity contribution in [1.82, 2.24) is 25.0 Å². The number of pyridine rings is 1. The van der Waals surface area contributed by atoms with E-state index in [1.807, 2.05) is 0 Å². The second-order valence-corrected chi connectivity index (χ2v) is 9.65. The third-order valence-corrected chi connectivity index (χ3v) is 7.00. The SMILES string of the molecule is CN(C)C1=CNN(C)C(S(=O)(=O)NC(=O)Nc2c(-c3ccncc3)cc(F)c3c2CCC3)=C1. The minimum Gasteiger partial charge on any atom is -0.376 e. The van der Waals surface area contributed by atoms with Crippen molar-refractivity contribution in [3.63, 3.8) is 0 Å². The van der Waals surface area contributed by atoms with Crippen LogP contribution in [-0.2, 0) is 22.9 Å². The van der Waals surface area contributed by atoms with E-state index >= 15 is 0 Å². The van der Waals surface area contributed by atoms with Crippen molar-refractivity contribution in [2.24, 2.45) is 0 Å². The molecule has 1 aliphatic heterocycles. The number of hydrazine groups is 1. The van der Waals surface area contributed by atoms with Crippen molar-refractivity contribution in [2.45, 2.75) is 19.3 Å². The minimum atomic E-state index is -4.21. The standard InChI is InChI=1S/C22H25FN6O3S/c1-28(2)15-11-20(29(3)25-13-15)33(31,32)27-22(30)26-21-17-6-4-5-16(17)19(23)12-18(21)14-7-9-24-10-8-14/h7-13,25H,4-6H2,1-3H3,(H2,26,27,30). The van der Waals surface area contributed by atoms with Crippen LogP contribution in [0.5, 0.6) is 0 Å². The summed E-state index contributed by atoms with van der Waals surface area (Å²) in [4.78, 5) is 18.6. The van der Waals surface area contributed by atoms with E-state index in [2.05, 4.69) is 20.4 Å². The van der Waals surface area contributed by atoms with Crippen LogP contribution >= 0.6 is 0 Å². The summed E-state index contributed by atoms with van der Waals surface area (Å²) >= 11 is 0. The van der Waals surface area contributed by atoms with E-state index in [1.54, 1.807) is 49.7 Å². The first-order valence-electron chi connectivity index (χ1n) is 10.3. The molecule has 9 nitrogen and oxygen atoms in total. The molecule has 0 saturated heterocycles. The fourth-order valence-electron chi connectivity index (χ4n) is 3.95. The minimum absolute atomic E-state index is 0.123. The van der Waals surface area contributed by atoms with Gasteiger partial charge in [-0.2, -0.15) is 8.42 Å². The molecule has 2 heterocycles. The Balaban J connectivity index is 1.66. The third-order valence-electron chi connectivity index (χ3n) is 5.60. The van der Waals surface area contributed by atoms with Gasteiger partial charge in [-0.1, -0.05) is 0 Å². The highest BCUT2D eigenvalue weighted by Gasteiger charge is 2.29. The van der Waals surface area contributed by atoms with E-state index in [-0.39, 0.29) is 10.8 Å². The zero-order chi connectivity index (χ0) is 23.8. The highest BCUT2D eigenvalue weighted by atomic mass is 32.2. The molecule has 1 aromatic carbocycles. The van der Waals surface area contributed by atoms with Gasteiger partial charge in [0, 0.05) is 51.4 Å². The number of aromatic nitrogens is 1. The van der Waals surface area contributed by atoms with Gasteiger partial charge in [0.25, 0.3) is 10.0 Å². The summed E-state index contributed by atoms with van der Waals surface area (Å²) in [6.07, 6.45) is 8.14. The molecule has 0 spiro atoms. The number of fused-ring (bicyclic) bond motifs is 1. The second kappa shape index (κ2) is 8.74. The highest BCUT2D eigenvalue weighted by molar-refractivity contribution is 7.93. The molecule has 2 aliphatic rings. The number of nitrogens with one attached hydrogen (secondary N) is 3. The Bertz CT molecular complexity index is 1260. The van der Waals surface area contributed by atoms with Crippen LogP contribution in [0.25, 0.3) is 11.1 Å². The molecule has 174 valence electrons. The molecule has 3 N–H and O–H groups in total. The van der Waals surface area contributed by atoms with E-state index < -0.39 is 16.1 Å². The number of allylic oxidation sites excluding steroid dienone is 1. The van der Waals surface area contributed by atoms with Crippen LogP contribution in [0.2, 0.25) is 0 Å². The van der Waals surface area contributed by atoms with Gasteiger partial charge in [-0.15, -0.1) is 0 Å². The number of carbonyl (C=O) groups excluding carboxylic acids is 1. The van der Waals surface area contributed by atoms with Crippen molar-refractivity contribution in [3.05, 3.63) is 70.5 Å². The Kier molecular flexibility index (Phi) is 5.98. The van der Waals surface area contributed by atoms with Gasteiger partial charge < -0.3 is 15.6 Å². The first-order chi connectivity index (χ1) is 15.7. The van der Waals surface area contributed by atoms with Gasteiger partial charge in [0.15, 0.2) is 5.03 Å². The van der Waals surface area contributed by atoms with Crippen molar-refractivity contribution >= 4 is 21.7 Å². The number of amides is 2. The summed E-state index contributed by atoms with van der Waals surface area (Å²) in [5.74, 6) is -0.337. The van der Waals surface area contributed by atoms with Crippen molar-refractivity contribution in [2.75, 3.05) is 26.5 Å². The summed E-state index contributed by atoms with van der Waals surface area (Å²) < 4.78 is 42.8. The average molecular weight is 473 g/mol. The maximum absolute atomic E-state index is 14.7. The molecule has 0 bridgehead atoms. The van der Waals surface area contributed by atoms with Gasteiger partial charge >= 0.3 is 6.03 Å². The number of nitrogens with zero attached hydrogens (tertiary/aromatic N) is 3. The zero-order valence-corrected chi connectivity index (χ0v) is 19.3. The monoisotopic (exact) mass is 472 g/mol. The lowest BCUT2D eigenvalue weighted by Gasteiger charge is -2.28. The zero-order valence-electron chi connectivity index (χ0n) is 18.5. The smallest absolute Gasteiger partial charge is 0.333 e. The highest BCUT2D eigenvalue weighted by Crippen LogP contribution is 2.39. The van der Waals surface area contributed by atoms with Crippen LogP contribution in [0.4, 0.5) is 14.9 Å². The maximum atomic E-state index is 14.7. The normalized spacial score (nSPS) is 15.2. The van der Waals surface area contributed by atoms with Crippen LogP contribution in [0.15, 0.2) is 53.6 Å². The first kappa shape index (κ1) is 22.6. The molecule has 0 atom stereocenters. The van der Waals surface area contributed by atoms with E-state index in [0.717, 1.165) is 6.42 Å². The topological polar surface area (TPSA) is 107 Å². The van der Waals surface area contributed by atoms with Crippen LogP contribution < -0.4 is 15.5 Å². The molecule has 0 radical (unpaired) electrons. The Morgan fingerprint density at radius 3 is 2.61 bits per heavy atom. The maximum Gasteiger partial charge on any atom is 0.333 e. The molecule has 4 rings (SSSR count). The fraction of sp³-hybridized carbons (Fsp3) is 0.273. The van der Waals surface area contributed by atoms with Crippen LogP contribution in [-0.4, -0.2) is 50.5 Å². The Morgan fingerprint density at radius 2 is 1.91 bits per heavy atom. The molecular formula is C22H25FN6O3S. The predicted molar refractivity (Wildman–Crippen MR) is 123 cm³/mol. The molecule has 0 fully saturated rings. The Hall–Kier alpha value is -3.60. The number of anilines is 1. The van der Waals surface area contributed by atoms with E-state index in [9.17, 15) is 17.6 Å². The first-order valence-corrected chi connectivity index (χ1v) is 11.8. The summed E-state index contributed by atoms with van der Waals surface area (Å²) in [6, 6.07) is 3.86. The number of urea groups is 1. The summed E-state index contributed by atoms with van der Waals surface area (Å²) in [5, 5.41) is 3.84. The second-order valence-electron chi connectivity index (χ2n) is 8.02. The van der Waals surface area contributed by atoms with Crippen LogP contribution in [0, 0.1) is 5.82 Å². The van der Waals surface area contributed by atoms with E-state index in [4.69, 9.17) is 0 Å². The van der Waals surface area contributed by atoms with Gasteiger partial charge in [-0.05, 0) is 54.2 Å². The average Bonchev–Trinajstić information content (AvgIpc) is 3.26. The molecule has 11 heteroatoms. The number of hydrogen-bond acceptors (Lipinski definition) is 7. The van der Waals surface area contributed by atoms with Gasteiger partial charge in [0.05, 0.1) is 11.4 Å². The Morgan fingerprint density at radius 1 is 1.21 bits per heavy atom. The van der Waals surface area contributed by atoms with Gasteiger partial charge in [0.1, 0.15) is 5.82 Å². The lowest BCUT2D eigenvalue weighted by atomic mass is 9.97. The van der Waals surface area contributed by atoms with Crippen LogP contribution in [0.1, 0.15) is 17.5 Å². The number of benzene rings is 1. The third kappa shape index (κ3) is 4.49. The van der Waals surface area contributed by atoms with E-state index in [0.29, 0.717) is 46.5 Å². The number of hydrogen-bond donors (Lipinski definition) is 3. The van der Waals surface area contributed by atoms with Gasteiger partial charge in [0.2, 0.25) is 0 Å². The van der Waals surface area contributed by atoms with Gasteiger partial charge in [-0.3, -0.25) is 9.99 Å². The molecule has 0 unspecified atom stereocenters. The number of carbonyl (C=O) groups is 1. The predicted octanol–water partition coefficient (Wildman–Crippen LogP) is 2.52. The molecule has 33 heavy (non-hydrogen) atoms. The summed E-state index contributed by atoms with van der Waals surface area (Å²) in [6.45, 7) is 0. The number of sulfonamides is 1. The van der Waals surface area contributed by atoms with E-state index in [1.165, 1.54) is 24.2 Å². The largest absolute Gasteiger partial charge is 0.376 e. The summed E-state index contributed by atoms with van der Waals surface area (Å²) in [7, 11) is 0.868. The Labute approximate surface area is 192 Å². The lowest BCUT2D eigenvalue weighted by molar-refractivity contribution is 0.256. The van der Waals surface area contributed by atoms with Crippen molar-refractivity contribution < 1.29 is 17.6 Å². The number of halogens is 1. The van der Waals surface area contributed by atoms with Crippen LogP contribution in [0.3, 0.4) is 0 Å². The molecule has 2 amide bonds. The molecule has 2 aromatic rings. The van der Waals surface area contributed by atoms with Crippen molar-refractivity contribution in [3.8, 4) is 11.1 Å². The number of likely N-dealkylation sites (N-methyl/N-ethyl adjacent to an activating group) is 1. The molecular weight excluding hydrogens is 447 g/mol. The molecule has 1 aliphatic carbocycles. The van der Waals surface area contributed by atoms with Gasteiger partial charge in [-0.25, -0.2) is 13.9 Å². The summed E-state index contributed by atoms with van der Waals surface area (Å²) in [5.41, 5.74) is 6.21. The van der Waals surface area contributed by atoms with Crippen molar-refractivity contribution in [1.29, 1.82) is 0 Å². The quantitative estimate of drug-likeness (QED) is 0.614. The molecule has 1 aromatic heterocycles. The molecule has 0 saturated carbocycles.